The molecule has 1 atom stereocenters. The monoisotopic (exact) mass is 309 g/mol. The van der Waals surface area contributed by atoms with E-state index in [0.717, 1.165) is 30.5 Å². The SMILES string of the molecule is Cc1cc2c(cc1F)nc(C(C)Cl)n2CCN(C)C1CC1. The number of hydrogen-bond acceptors (Lipinski definition) is 2. The van der Waals surface area contributed by atoms with Crippen LogP contribution in [0.1, 0.15) is 36.5 Å². The largest absolute Gasteiger partial charge is 0.325 e. The number of alkyl halides is 1. The minimum Gasteiger partial charge on any atom is -0.325 e. The number of aromatic nitrogens is 2. The summed E-state index contributed by atoms with van der Waals surface area (Å²) in [6.07, 6.45) is 2.59. The van der Waals surface area contributed by atoms with Crippen molar-refractivity contribution in [3.8, 4) is 0 Å². The van der Waals surface area contributed by atoms with Gasteiger partial charge in [0.15, 0.2) is 0 Å². The lowest BCUT2D eigenvalue weighted by molar-refractivity contribution is 0.309. The second-order valence-electron chi connectivity index (χ2n) is 6.04. The molecule has 1 unspecified atom stereocenters. The molecule has 1 aliphatic carbocycles. The van der Waals surface area contributed by atoms with E-state index in [2.05, 4.69) is 21.5 Å². The van der Waals surface area contributed by atoms with Gasteiger partial charge in [-0.05, 0) is 45.4 Å². The molecule has 0 aliphatic heterocycles. The van der Waals surface area contributed by atoms with E-state index in [9.17, 15) is 4.39 Å². The number of fused-ring (bicyclic) bond motifs is 1. The molecular weight excluding hydrogens is 289 g/mol. The molecular formula is C16H21ClFN3. The topological polar surface area (TPSA) is 21.1 Å². The predicted molar refractivity (Wildman–Crippen MR) is 84.3 cm³/mol. The molecule has 21 heavy (non-hydrogen) atoms. The number of nitrogens with zero attached hydrogens (tertiary/aromatic N) is 3. The Morgan fingerprint density at radius 3 is 2.81 bits per heavy atom. The third-order valence-corrected chi connectivity index (χ3v) is 4.46. The fourth-order valence-electron chi connectivity index (χ4n) is 2.76. The zero-order chi connectivity index (χ0) is 15.1. The average Bonchev–Trinajstić information content (AvgIpc) is 3.21. The molecule has 1 fully saturated rings. The molecule has 114 valence electrons. The van der Waals surface area contributed by atoms with Crippen LogP contribution in [-0.4, -0.2) is 34.1 Å². The van der Waals surface area contributed by atoms with Crippen LogP contribution in [0.25, 0.3) is 11.0 Å². The summed E-state index contributed by atoms with van der Waals surface area (Å²) in [6.45, 7) is 5.49. The van der Waals surface area contributed by atoms with Gasteiger partial charge in [0.05, 0.1) is 16.4 Å². The van der Waals surface area contributed by atoms with Crippen molar-refractivity contribution in [3.05, 3.63) is 29.3 Å². The second kappa shape index (κ2) is 5.58. The van der Waals surface area contributed by atoms with Crippen molar-refractivity contribution in [2.24, 2.45) is 0 Å². The van der Waals surface area contributed by atoms with Gasteiger partial charge in [0.25, 0.3) is 0 Å². The Labute approximate surface area is 129 Å². The van der Waals surface area contributed by atoms with Gasteiger partial charge in [0, 0.05) is 25.2 Å². The molecule has 1 aromatic carbocycles. The number of benzene rings is 1. The van der Waals surface area contributed by atoms with E-state index in [1.807, 2.05) is 13.0 Å². The quantitative estimate of drug-likeness (QED) is 0.782. The van der Waals surface area contributed by atoms with Crippen LogP contribution < -0.4 is 0 Å². The van der Waals surface area contributed by atoms with E-state index in [1.54, 1.807) is 6.92 Å². The lowest BCUT2D eigenvalue weighted by atomic mass is 10.2. The first-order valence-electron chi connectivity index (χ1n) is 7.48. The Bertz CT molecular complexity index is 661. The van der Waals surface area contributed by atoms with Crippen molar-refractivity contribution in [1.82, 2.24) is 14.5 Å². The Balaban J connectivity index is 1.96. The molecule has 1 heterocycles. The van der Waals surface area contributed by atoms with Gasteiger partial charge in [-0.3, -0.25) is 0 Å². The first-order valence-corrected chi connectivity index (χ1v) is 7.91. The molecule has 1 aliphatic rings. The third kappa shape index (κ3) is 2.92. The minimum atomic E-state index is -0.212. The summed E-state index contributed by atoms with van der Waals surface area (Å²) < 4.78 is 15.9. The molecule has 1 aromatic heterocycles. The third-order valence-electron chi connectivity index (χ3n) is 4.26. The lowest BCUT2D eigenvalue weighted by Crippen LogP contribution is -2.25. The van der Waals surface area contributed by atoms with Crippen molar-refractivity contribution in [3.63, 3.8) is 0 Å². The first-order chi connectivity index (χ1) is 9.97. The van der Waals surface area contributed by atoms with E-state index in [4.69, 9.17) is 11.6 Å². The molecule has 0 spiro atoms. The van der Waals surface area contributed by atoms with E-state index < -0.39 is 0 Å². The number of halogens is 2. The highest BCUT2D eigenvalue weighted by molar-refractivity contribution is 6.20. The van der Waals surface area contributed by atoms with Crippen molar-refractivity contribution in [2.75, 3.05) is 13.6 Å². The van der Waals surface area contributed by atoms with Gasteiger partial charge in [-0.25, -0.2) is 9.37 Å². The second-order valence-corrected chi connectivity index (χ2v) is 6.69. The zero-order valence-electron chi connectivity index (χ0n) is 12.7. The van der Waals surface area contributed by atoms with E-state index in [-0.39, 0.29) is 11.2 Å². The molecule has 1 saturated carbocycles. The van der Waals surface area contributed by atoms with Gasteiger partial charge in [-0.15, -0.1) is 11.6 Å². The van der Waals surface area contributed by atoms with Crippen molar-refractivity contribution < 1.29 is 4.39 Å². The summed E-state index contributed by atoms with van der Waals surface area (Å²) in [5.74, 6) is 0.608. The Morgan fingerprint density at radius 1 is 1.48 bits per heavy atom. The van der Waals surface area contributed by atoms with Gasteiger partial charge in [0.1, 0.15) is 11.6 Å². The molecule has 2 aromatic rings. The summed E-state index contributed by atoms with van der Waals surface area (Å²) >= 11 is 6.26. The maximum absolute atomic E-state index is 13.7. The zero-order valence-corrected chi connectivity index (χ0v) is 13.5. The predicted octanol–water partition coefficient (Wildman–Crippen LogP) is 3.88. The maximum atomic E-state index is 13.7. The Kier molecular flexibility index (Phi) is 3.93. The maximum Gasteiger partial charge on any atom is 0.128 e. The van der Waals surface area contributed by atoms with Gasteiger partial charge in [-0.1, -0.05) is 0 Å². The number of imidazole rings is 1. The highest BCUT2D eigenvalue weighted by Crippen LogP contribution is 2.28. The lowest BCUT2D eigenvalue weighted by Gasteiger charge is -2.18. The van der Waals surface area contributed by atoms with Crippen LogP contribution in [0.15, 0.2) is 12.1 Å². The molecule has 3 rings (SSSR count). The summed E-state index contributed by atoms with van der Waals surface area (Å²) in [4.78, 5) is 6.90. The van der Waals surface area contributed by atoms with E-state index in [0.29, 0.717) is 11.1 Å². The minimum absolute atomic E-state index is 0.188. The molecule has 0 amide bonds. The number of aryl methyl sites for hydroxylation is 1. The van der Waals surface area contributed by atoms with Crippen LogP contribution >= 0.6 is 11.6 Å². The number of hydrogen-bond donors (Lipinski definition) is 0. The Morgan fingerprint density at radius 2 is 2.19 bits per heavy atom. The fraction of sp³-hybridized carbons (Fsp3) is 0.562. The highest BCUT2D eigenvalue weighted by atomic mass is 35.5. The standard InChI is InChI=1S/C16H21ClFN3/c1-10-8-15-14(9-13(10)18)19-16(11(2)17)21(15)7-6-20(3)12-4-5-12/h8-9,11-12H,4-7H2,1-3H3. The van der Waals surface area contributed by atoms with Gasteiger partial charge in [0.2, 0.25) is 0 Å². The smallest absolute Gasteiger partial charge is 0.128 e. The summed E-state index contributed by atoms with van der Waals surface area (Å²) in [5.41, 5.74) is 2.31. The summed E-state index contributed by atoms with van der Waals surface area (Å²) in [5, 5.41) is -0.188. The molecule has 0 saturated heterocycles. The van der Waals surface area contributed by atoms with Gasteiger partial charge >= 0.3 is 0 Å². The van der Waals surface area contributed by atoms with E-state index >= 15 is 0 Å². The van der Waals surface area contributed by atoms with Crippen molar-refractivity contribution in [1.29, 1.82) is 0 Å². The number of likely N-dealkylation sites (N-methyl/N-ethyl adjacent to an activating group) is 1. The summed E-state index contributed by atoms with van der Waals surface area (Å²) in [6, 6.07) is 4.11. The van der Waals surface area contributed by atoms with Crippen LogP contribution in [0.4, 0.5) is 4.39 Å². The van der Waals surface area contributed by atoms with E-state index in [1.165, 1.54) is 18.9 Å². The molecule has 0 N–H and O–H groups in total. The van der Waals surface area contributed by atoms with Crippen molar-refractivity contribution >= 4 is 22.6 Å². The Hall–Kier alpha value is -1.13. The van der Waals surface area contributed by atoms with Crippen LogP contribution in [0.2, 0.25) is 0 Å². The average molecular weight is 310 g/mol. The van der Waals surface area contributed by atoms with Gasteiger partial charge < -0.3 is 9.47 Å². The normalized spacial score (nSPS) is 16.9. The molecule has 3 nitrogen and oxygen atoms in total. The highest BCUT2D eigenvalue weighted by Gasteiger charge is 2.26. The number of rotatable bonds is 5. The fourth-order valence-corrected chi connectivity index (χ4v) is 2.93. The van der Waals surface area contributed by atoms with Crippen LogP contribution in [-0.2, 0) is 6.54 Å². The molecule has 5 heteroatoms. The first kappa shape index (κ1) is 14.8. The van der Waals surface area contributed by atoms with Crippen LogP contribution in [0, 0.1) is 12.7 Å². The van der Waals surface area contributed by atoms with Crippen LogP contribution in [0.3, 0.4) is 0 Å². The van der Waals surface area contributed by atoms with Crippen molar-refractivity contribution in [2.45, 2.75) is 44.7 Å². The van der Waals surface area contributed by atoms with Gasteiger partial charge in [-0.2, -0.15) is 0 Å². The molecule has 0 bridgehead atoms. The van der Waals surface area contributed by atoms with Crippen LogP contribution in [0.5, 0.6) is 0 Å². The summed E-state index contributed by atoms with van der Waals surface area (Å²) in [7, 11) is 2.16. The molecule has 0 radical (unpaired) electrons.